The number of ether oxygens (including phenoxy) is 3. The highest BCUT2D eigenvalue weighted by atomic mass is 16.6. The van der Waals surface area contributed by atoms with Crippen LogP contribution in [0.2, 0.25) is 0 Å². The number of cyclic esters (lactones) is 2. The normalized spacial score (nSPS) is 16.7. The van der Waals surface area contributed by atoms with Crippen molar-refractivity contribution >= 4 is 18.0 Å². The predicted octanol–water partition coefficient (Wildman–Crippen LogP) is 2.34. The third-order valence-electron chi connectivity index (χ3n) is 2.69. The monoisotopic (exact) mass is 276 g/mol. The molecule has 0 saturated carbocycles. The van der Waals surface area contributed by atoms with Gasteiger partial charge in [0, 0.05) is 5.57 Å². The summed E-state index contributed by atoms with van der Waals surface area (Å²) >= 11 is 0. The van der Waals surface area contributed by atoms with Gasteiger partial charge in [0.2, 0.25) is 0 Å². The zero-order valence-electron chi connectivity index (χ0n) is 11.6. The molecule has 1 fully saturated rings. The van der Waals surface area contributed by atoms with Crippen molar-refractivity contribution in [2.75, 3.05) is 7.11 Å². The van der Waals surface area contributed by atoms with E-state index in [2.05, 4.69) is 4.74 Å². The first-order valence-corrected chi connectivity index (χ1v) is 6.30. The molecule has 0 spiro atoms. The van der Waals surface area contributed by atoms with E-state index in [1.807, 2.05) is 13.8 Å². The van der Waals surface area contributed by atoms with Gasteiger partial charge >= 0.3 is 11.9 Å². The van der Waals surface area contributed by atoms with E-state index in [1.54, 1.807) is 31.4 Å². The molecule has 0 bridgehead atoms. The summed E-state index contributed by atoms with van der Waals surface area (Å²) in [5.74, 6) is 0.102. The Morgan fingerprint density at radius 2 is 2.00 bits per heavy atom. The molecule has 0 atom stereocenters. The van der Waals surface area contributed by atoms with Gasteiger partial charge in [-0.2, -0.15) is 0 Å². The SMILES string of the molecule is COc1cc(/C=C2\CC(=O)OC2=O)ccc1OC(C)C. The summed E-state index contributed by atoms with van der Waals surface area (Å²) in [6.45, 7) is 3.85. The van der Waals surface area contributed by atoms with Gasteiger partial charge in [0.05, 0.1) is 19.6 Å². The van der Waals surface area contributed by atoms with Crippen LogP contribution in [0, 0.1) is 0 Å². The van der Waals surface area contributed by atoms with Gasteiger partial charge in [-0.1, -0.05) is 6.07 Å². The standard InChI is InChI=1S/C15H16O5/c1-9(2)19-12-5-4-10(7-13(12)18-3)6-11-8-14(16)20-15(11)17/h4-7,9H,8H2,1-3H3/b11-6+. The minimum Gasteiger partial charge on any atom is -0.493 e. The highest BCUT2D eigenvalue weighted by Gasteiger charge is 2.26. The third-order valence-corrected chi connectivity index (χ3v) is 2.69. The summed E-state index contributed by atoms with van der Waals surface area (Å²) in [6.07, 6.45) is 1.66. The van der Waals surface area contributed by atoms with Gasteiger partial charge in [-0.3, -0.25) is 4.79 Å². The fourth-order valence-corrected chi connectivity index (χ4v) is 1.87. The molecule has 20 heavy (non-hydrogen) atoms. The number of benzene rings is 1. The minimum atomic E-state index is -0.587. The maximum absolute atomic E-state index is 11.4. The molecule has 1 heterocycles. The summed E-state index contributed by atoms with van der Waals surface area (Å²) in [5.41, 5.74) is 1.09. The van der Waals surface area contributed by atoms with Crippen molar-refractivity contribution in [3.63, 3.8) is 0 Å². The average molecular weight is 276 g/mol. The van der Waals surface area contributed by atoms with Gasteiger partial charge in [-0.15, -0.1) is 0 Å². The van der Waals surface area contributed by atoms with Gasteiger partial charge in [0.1, 0.15) is 0 Å². The van der Waals surface area contributed by atoms with Crippen LogP contribution in [0.1, 0.15) is 25.8 Å². The number of rotatable bonds is 4. The van der Waals surface area contributed by atoms with Crippen LogP contribution in [0.15, 0.2) is 23.8 Å². The topological polar surface area (TPSA) is 61.8 Å². The highest BCUT2D eigenvalue weighted by molar-refractivity contribution is 6.08. The molecule has 1 aromatic carbocycles. The van der Waals surface area contributed by atoms with Crippen LogP contribution in [0.5, 0.6) is 11.5 Å². The zero-order valence-corrected chi connectivity index (χ0v) is 11.6. The summed E-state index contributed by atoms with van der Waals surface area (Å²) in [4.78, 5) is 22.4. The fourth-order valence-electron chi connectivity index (χ4n) is 1.87. The van der Waals surface area contributed by atoms with E-state index in [0.717, 1.165) is 5.56 Å². The second kappa shape index (κ2) is 5.77. The van der Waals surface area contributed by atoms with Crippen LogP contribution in [-0.2, 0) is 14.3 Å². The average Bonchev–Trinajstić information content (AvgIpc) is 2.69. The van der Waals surface area contributed by atoms with Crippen molar-refractivity contribution in [2.45, 2.75) is 26.4 Å². The molecular formula is C15H16O5. The van der Waals surface area contributed by atoms with Gasteiger partial charge in [0.15, 0.2) is 11.5 Å². The summed E-state index contributed by atoms with van der Waals surface area (Å²) in [5, 5.41) is 0. The molecule has 0 radical (unpaired) electrons. The molecule has 0 aliphatic carbocycles. The van der Waals surface area contributed by atoms with Gasteiger partial charge in [-0.25, -0.2) is 4.79 Å². The van der Waals surface area contributed by atoms with Crippen LogP contribution < -0.4 is 9.47 Å². The number of carbonyl (C=O) groups is 2. The molecule has 1 aliphatic heterocycles. The third kappa shape index (κ3) is 3.17. The Bertz CT molecular complexity index is 572. The highest BCUT2D eigenvalue weighted by Crippen LogP contribution is 2.30. The van der Waals surface area contributed by atoms with E-state index < -0.39 is 11.9 Å². The smallest absolute Gasteiger partial charge is 0.342 e. The van der Waals surface area contributed by atoms with E-state index in [0.29, 0.717) is 17.1 Å². The number of carbonyl (C=O) groups excluding carboxylic acids is 2. The lowest BCUT2D eigenvalue weighted by Crippen LogP contribution is -2.06. The fraction of sp³-hybridized carbons (Fsp3) is 0.333. The van der Waals surface area contributed by atoms with Crippen molar-refractivity contribution in [3.8, 4) is 11.5 Å². The second-order valence-corrected chi connectivity index (χ2v) is 4.68. The Labute approximate surface area is 117 Å². The second-order valence-electron chi connectivity index (χ2n) is 4.68. The van der Waals surface area contributed by atoms with Crippen LogP contribution in [-0.4, -0.2) is 25.2 Å². The molecule has 5 nitrogen and oxygen atoms in total. The Morgan fingerprint density at radius 3 is 2.55 bits per heavy atom. The van der Waals surface area contributed by atoms with E-state index in [9.17, 15) is 9.59 Å². The molecule has 106 valence electrons. The molecule has 2 rings (SSSR count). The Balaban J connectivity index is 2.28. The maximum atomic E-state index is 11.4. The largest absolute Gasteiger partial charge is 0.493 e. The number of esters is 2. The van der Waals surface area contributed by atoms with Gasteiger partial charge in [0.25, 0.3) is 0 Å². The molecule has 1 aliphatic rings. The molecular weight excluding hydrogens is 260 g/mol. The minimum absolute atomic E-state index is 0.00535. The lowest BCUT2D eigenvalue weighted by atomic mass is 10.1. The Kier molecular flexibility index (Phi) is 4.08. The van der Waals surface area contributed by atoms with Crippen LogP contribution >= 0.6 is 0 Å². The Hall–Kier alpha value is -2.30. The number of hydrogen-bond acceptors (Lipinski definition) is 5. The number of methoxy groups -OCH3 is 1. The summed E-state index contributed by atoms with van der Waals surface area (Å²) in [6, 6.07) is 5.32. The maximum Gasteiger partial charge on any atom is 0.342 e. The summed E-state index contributed by atoms with van der Waals surface area (Å²) in [7, 11) is 1.55. The van der Waals surface area contributed by atoms with Crippen molar-refractivity contribution < 1.29 is 23.8 Å². The first-order valence-electron chi connectivity index (χ1n) is 6.30. The van der Waals surface area contributed by atoms with Crippen LogP contribution in [0.25, 0.3) is 6.08 Å². The van der Waals surface area contributed by atoms with Crippen molar-refractivity contribution in [1.82, 2.24) is 0 Å². The summed E-state index contributed by atoms with van der Waals surface area (Å²) < 4.78 is 15.3. The number of hydrogen-bond donors (Lipinski definition) is 0. The van der Waals surface area contributed by atoms with E-state index >= 15 is 0 Å². The van der Waals surface area contributed by atoms with Gasteiger partial charge < -0.3 is 14.2 Å². The first kappa shape index (κ1) is 14.1. The molecule has 0 aromatic heterocycles. The predicted molar refractivity (Wildman–Crippen MR) is 72.5 cm³/mol. The first-order chi connectivity index (χ1) is 9.49. The zero-order chi connectivity index (χ0) is 14.7. The lowest BCUT2D eigenvalue weighted by Gasteiger charge is -2.13. The van der Waals surface area contributed by atoms with E-state index in [4.69, 9.17) is 9.47 Å². The van der Waals surface area contributed by atoms with E-state index in [1.165, 1.54) is 0 Å². The lowest BCUT2D eigenvalue weighted by molar-refractivity contribution is -0.151. The molecule has 0 unspecified atom stereocenters. The van der Waals surface area contributed by atoms with E-state index in [-0.39, 0.29) is 12.5 Å². The van der Waals surface area contributed by atoms with Crippen LogP contribution in [0.4, 0.5) is 0 Å². The molecule has 0 amide bonds. The Morgan fingerprint density at radius 1 is 1.25 bits per heavy atom. The molecule has 1 saturated heterocycles. The molecule has 5 heteroatoms. The quantitative estimate of drug-likeness (QED) is 0.480. The molecule has 0 N–H and O–H groups in total. The van der Waals surface area contributed by atoms with Crippen LogP contribution in [0.3, 0.4) is 0 Å². The molecule has 1 aromatic rings. The van der Waals surface area contributed by atoms with Gasteiger partial charge in [-0.05, 0) is 37.6 Å². The van der Waals surface area contributed by atoms with Crippen molar-refractivity contribution in [3.05, 3.63) is 29.3 Å². The van der Waals surface area contributed by atoms with Crippen molar-refractivity contribution in [1.29, 1.82) is 0 Å². The van der Waals surface area contributed by atoms with Crippen molar-refractivity contribution in [2.24, 2.45) is 0 Å².